The zero-order valence-corrected chi connectivity index (χ0v) is 24.8. The summed E-state index contributed by atoms with van der Waals surface area (Å²) in [5, 5.41) is 21.0. The van der Waals surface area contributed by atoms with Crippen LogP contribution < -0.4 is 10.6 Å². The SMILES string of the molecule is CCC1(c2c(C#N)c(Cl)c3cnc(N[C@@H]4CCOC[C@H]4OC(=O)[C@@H](NC(=O)OC(C)(C)C)C(C)C)nn23)CCC1. The van der Waals surface area contributed by atoms with Crippen LogP contribution in [-0.2, 0) is 24.4 Å². The van der Waals surface area contributed by atoms with Gasteiger partial charge in [-0.2, -0.15) is 5.26 Å². The van der Waals surface area contributed by atoms with Crippen molar-refractivity contribution in [3.05, 3.63) is 22.5 Å². The van der Waals surface area contributed by atoms with Crippen LogP contribution in [0.2, 0.25) is 5.02 Å². The molecule has 4 rings (SSSR count). The minimum atomic E-state index is -0.897. The third-order valence-corrected chi connectivity index (χ3v) is 8.09. The van der Waals surface area contributed by atoms with Gasteiger partial charge in [0.05, 0.1) is 35.1 Å². The average molecular weight is 575 g/mol. The van der Waals surface area contributed by atoms with E-state index in [9.17, 15) is 14.9 Å². The molecule has 1 amide bonds. The summed E-state index contributed by atoms with van der Waals surface area (Å²) in [7, 11) is 0. The van der Waals surface area contributed by atoms with Gasteiger partial charge in [0.1, 0.15) is 29.3 Å². The number of halogens is 1. The Morgan fingerprint density at radius 3 is 2.65 bits per heavy atom. The van der Waals surface area contributed by atoms with E-state index in [0.29, 0.717) is 35.1 Å². The third kappa shape index (κ3) is 6.13. The number of hydrogen-bond donors (Lipinski definition) is 2. The Bertz CT molecular complexity index is 1290. The molecule has 2 fully saturated rings. The van der Waals surface area contributed by atoms with Gasteiger partial charge in [-0.3, -0.25) is 0 Å². The number of carbonyl (C=O) groups is 2. The third-order valence-electron chi connectivity index (χ3n) is 7.71. The van der Waals surface area contributed by atoms with Gasteiger partial charge in [-0.25, -0.2) is 19.1 Å². The predicted octanol–water partition coefficient (Wildman–Crippen LogP) is 4.75. The summed E-state index contributed by atoms with van der Waals surface area (Å²) in [5.74, 6) is -0.478. The lowest BCUT2D eigenvalue weighted by Gasteiger charge is -2.41. The second-order valence-electron chi connectivity index (χ2n) is 12.0. The van der Waals surface area contributed by atoms with Crippen LogP contribution in [0.4, 0.5) is 10.7 Å². The molecule has 12 heteroatoms. The van der Waals surface area contributed by atoms with Crippen molar-refractivity contribution in [2.75, 3.05) is 18.5 Å². The standard InChI is InChI=1S/C28H39ClN6O5/c1-7-28(10-8-11-28)23-17(13-30)21(29)19-14-31-25(34-35(19)23)32-18-9-12-38-15-20(18)39-24(36)22(16(2)3)33-26(37)40-27(4,5)6/h14,16,18,20,22H,7-12,15H2,1-6H3,(H,32,34)(H,33,37)/t18-,20-,22+/m1/s1. The summed E-state index contributed by atoms with van der Waals surface area (Å²) in [5.41, 5.74) is 1.02. The van der Waals surface area contributed by atoms with Crippen LogP contribution in [0.5, 0.6) is 0 Å². The minimum Gasteiger partial charge on any atom is -0.456 e. The Labute approximate surface area is 239 Å². The van der Waals surface area contributed by atoms with Crippen molar-refractivity contribution in [1.29, 1.82) is 5.26 Å². The topological polar surface area (TPSA) is 140 Å². The molecule has 218 valence electrons. The Morgan fingerprint density at radius 2 is 2.08 bits per heavy atom. The van der Waals surface area contributed by atoms with E-state index in [-0.39, 0.29) is 24.0 Å². The maximum absolute atomic E-state index is 13.2. The second-order valence-corrected chi connectivity index (χ2v) is 12.4. The molecule has 1 saturated heterocycles. The fourth-order valence-electron chi connectivity index (χ4n) is 5.34. The Kier molecular flexibility index (Phi) is 8.80. The molecule has 1 aliphatic heterocycles. The first-order valence-electron chi connectivity index (χ1n) is 13.9. The van der Waals surface area contributed by atoms with E-state index in [1.165, 1.54) is 0 Å². The fraction of sp³-hybridized carbons (Fsp3) is 0.679. The van der Waals surface area contributed by atoms with Crippen LogP contribution in [-0.4, -0.2) is 63.7 Å². The Hall–Kier alpha value is -3.10. The molecule has 2 N–H and O–H groups in total. The van der Waals surface area contributed by atoms with Crippen molar-refractivity contribution in [3.8, 4) is 6.07 Å². The van der Waals surface area contributed by atoms with E-state index < -0.39 is 29.8 Å². The monoisotopic (exact) mass is 574 g/mol. The molecule has 11 nitrogen and oxygen atoms in total. The highest BCUT2D eigenvalue weighted by Gasteiger charge is 2.43. The van der Waals surface area contributed by atoms with Gasteiger partial charge in [-0.1, -0.05) is 38.8 Å². The maximum atomic E-state index is 13.2. The molecule has 0 aromatic carbocycles. The molecule has 0 radical (unpaired) electrons. The van der Waals surface area contributed by atoms with Gasteiger partial charge in [0, 0.05) is 12.0 Å². The van der Waals surface area contributed by atoms with Crippen molar-refractivity contribution in [3.63, 3.8) is 0 Å². The number of aromatic nitrogens is 3. The number of hydrogen-bond acceptors (Lipinski definition) is 9. The number of nitriles is 1. The van der Waals surface area contributed by atoms with E-state index in [1.54, 1.807) is 31.5 Å². The van der Waals surface area contributed by atoms with Gasteiger partial charge in [0.2, 0.25) is 5.95 Å². The van der Waals surface area contributed by atoms with Gasteiger partial charge >= 0.3 is 12.1 Å². The van der Waals surface area contributed by atoms with Gasteiger partial charge in [-0.05, 0) is 52.4 Å². The van der Waals surface area contributed by atoms with Crippen LogP contribution in [0.15, 0.2) is 6.20 Å². The predicted molar refractivity (Wildman–Crippen MR) is 149 cm³/mol. The van der Waals surface area contributed by atoms with Gasteiger partial charge in [0.15, 0.2) is 0 Å². The Morgan fingerprint density at radius 1 is 1.35 bits per heavy atom. The molecule has 3 heterocycles. The van der Waals surface area contributed by atoms with Crippen molar-refractivity contribution in [1.82, 2.24) is 19.9 Å². The average Bonchev–Trinajstić information content (AvgIpc) is 3.13. The van der Waals surface area contributed by atoms with Crippen molar-refractivity contribution in [2.24, 2.45) is 5.92 Å². The second kappa shape index (κ2) is 11.8. The van der Waals surface area contributed by atoms with Crippen LogP contribution in [0.3, 0.4) is 0 Å². The summed E-state index contributed by atoms with van der Waals surface area (Å²) in [6, 6.07) is 1.05. The highest BCUT2D eigenvalue weighted by molar-refractivity contribution is 6.35. The first kappa shape index (κ1) is 29.9. The number of carbonyl (C=O) groups excluding carboxylic acids is 2. The van der Waals surface area contributed by atoms with E-state index in [1.807, 2.05) is 13.8 Å². The zero-order valence-electron chi connectivity index (χ0n) is 24.0. The Balaban J connectivity index is 1.54. The number of fused-ring (bicyclic) bond motifs is 1. The lowest BCUT2D eigenvalue weighted by molar-refractivity contribution is -0.159. The normalized spacial score (nSPS) is 21.3. The number of ether oxygens (including phenoxy) is 3. The van der Waals surface area contributed by atoms with Crippen molar-refractivity contribution >= 4 is 35.1 Å². The smallest absolute Gasteiger partial charge is 0.408 e. The molecule has 2 aliphatic rings. The summed E-state index contributed by atoms with van der Waals surface area (Å²) in [4.78, 5) is 30.0. The first-order valence-corrected chi connectivity index (χ1v) is 14.3. The highest BCUT2D eigenvalue weighted by Crippen LogP contribution is 2.49. The molecule has 2 aromatic heterocycles. The largest absolute Gasteiger partial charge is 0.456 e. The fourth-order valence-corrected chi connectivity index (χ4v) is 5.60. The molecule has 0 spiro atoms. The number of esters is 1. The number of amides is 1. The van der Waals surface area contributed by atoms with Crippen LogP contribution in [0.25, 0.3) is 5.52 Å². The summed E-state index contributed by atoms with van der Waals surface area (Å²) < 4.78 is 18.5. The van der Waals surface area contributed by atoms with Gasteiger partial charge in [-0.15, -0.1) is 5.10 Å². The summed E-state index contributed by atoms with van der Waals surface area (Å²) in [6.07, 6.45) is 4.75. The lowest BCUT2D eigenvalue weighted by Crippen LogP contribution is -2.51. The molecule has 1 saturated carbocycles. The van der Waals surface area contributed by atoms with Crippen molar-refractivity contribution < 1.29 is 23.8 Å². The van der Waals surface area contributed by atoms with Crippen LogP contribution in [0.1, 0.15) is 84.9 Å². The van der Waals surface area contributed by atoms with Crippen LogP contribution in [0, 0.1) is 17.2 Å². The van der Waals surface area contributed by atoms with Crippen LogP contribution >= 0.6 is 11.6 Å². The molecule has 2 aromatic rings. The number of rotatable bonds is 8. The minimum absolute atomic E-state index is 0.142. The molecule has 0 bridgehead atoms. The molecule has 3 atom stereocenters. The first-order chi connectivity index (χ1) is 18.9. The maximum Gasteiger partial charge on any atom is 0.408 e. The molecule has 0 unspecified atom stereocenters. The van der Waals surface area contributed by atoms with E-state index in [4.69, 9.17) is 30.9 Å². The molecule has 40 heavy (non-hydrogen) atoms. The van der Waals surface area contributed by atoms with Crippen molar-refractivity contribution in [2.45, 2.75) is 103 Å². The van der Waals surface area contributed by atoms with E-state index in [2.05, 4.69) is 28.6 Å². The zero-order chi connectivity index (χ0) is 29.2. The highest BCUT2D eigenvalue weighted by atomic mass is 35.5. The number of anilines is 1. The van der Waals surface area contributed by atoms with Gasteiger partial charge < -0.3 is 24.8 Å². The van der Waals surface area contributed by atoms with E-state index >= 15 is 0 Å². The molecular formula is C28H39ClN6O5. The summed E-state index contributed by atoms with van der Waals surface area (Å²) >= 11 is 6.60. The summed E-state index contributed by atoms with van der Waals surface area (Å²) in [6.45, 7) is 11.7. The van der Waals surface area contributed by atoms with Gasteiger partial charge in [0.25, 0.3) is 0 Å². The number of alkyl carbamates (subject to hydrolysis) is 1. The van der Waals surface area contributed by atoms with E-state index in [0.717, 1.165) is 31.4 Å². The lowest BCUT2D eigenvalue weighted by atomic mass is 9.64. The quantitative estimate of drug-likeness (QED) is 0.427. The molecule has 1 aliphatic carbocycles. The number of nitrogens with zero attached hydrogens (tertiary/aromatic N) is 4. The molecular weight excluding hydrogens is 536 g/mol. The number of nitrogens with one attached hydrogen (secondary N) is 2.